The Morgan fingerprint density at radius 2 is 1.24 bits per heavy atom. The highest BCUT2D eigenvalue weighted by atomic mass is 16.1. The summed E-state index contributed by atoms with van der Waals surface area (Å²) < 4.78 is 0. The van der Waals surface area contributed by atoms with Gasteiger partial charge in [-0.2, -0.15) is 5.26 Å². The quantitative estimate of drug-likeness (QED) is 0.368. The van der Waals surface area contributed by atoms with Crippen LogP contribution < -0.4 is 0 Å². The highest BCUT2D eigenvalue weighted by molar-refractivity contribution is 6.34. The first-order valence-corrected chi connectivity index (χ1v) is 8.07. The fourth-order valence-corrected chi connectivity index (χ4v) is 2.80. The number of carbonyl (C=O) groups is 1. The number of ketones is 1. The van der Waals surface area contributed by atoms with Crippen LogP contribution in [0.15, 0.2) is 84.9 Å². The molecule has 120 valence electrons. The van der Waals surface area contributed by atoms with Crippen molar-refractivity contribution in [1.29, 1.82) is 5.26 Å². The Morgan fingerprint density at radius 3 is 1.76 bits per heavy atom. The lowest BCUT2D eigenvalue weighted by Crippen LogP contribution is -2.05. The Kier molecular flexibility index (Phi) is 4.87. The molecule has 3 aromatic carbocycles. The lowest BCUT2D eigenvalue weighted by Gasteiger charge is -2.13. The van der Waals surface area contributed by atoms with Gasteiger partial charge in [-0.1, -0.05) is 72.8 Å². The Hall–Kier alpha value is -3.44. The van der Waals surface area contributed by atoms with Crippen molar-refractivity contribution in [2.75, 3.05) is 0 Å². The zero-order valence-corrected chi connectivity index (χ0v) is 13.9. The molecular formula is C23H17NO. The number of rotatable bonds is 4. The lowest BCUT2D eigenvalue weighted by atomic mass is 9.89. The summed E-state index contributed by atoms with van der Waals surface area (Å²) in [5.74, 6) is -0.00587. The van der Waals surface area contributed by atoms with Crippen LogP contribution >= 0.6 is 0 Å². The van der Waals surface area contributed by atoms with Gasteiger partial charge in [0.15, 0.2) is 5.78 Å². The van der Waals surface area contributed by atoms with E-state index in [-0.39, 0.29) is 5.78 Å². The number of hydrogen-bond acceptors (Lipinski definition) is 2. The molecule has 0 unspecified atom stereocenters. The predicted octanol–water partition coefficient (Wildman–Crippen LogP) is 5.37. The van der Waals surface area contributed by atoms with E-state index in [1.807, 2.05) is 79.7 Å². The molecule has 0 N–H and O–H groups in total. The summed E-state index contributed by atoms with van der Waals surface area (Å²) in [6.45, 7) is 1.95. The van der Waals surface area contributed by atoms with E-state index < -0.39 is 0 Å². The van der Waals surface area contributed by atoms with E-state index in [4.69, 9.17) is 5.26 Å². The smallest absolute Gasteiger partial charge is 0.193 e. The van der Waals surface area contributed by atoms with Gasteiger partial charge in [0.25, 0.3) is 0 Å². The second-order valence-corrected chi connectivity index (χ2v) is 5.75. The predicted molar refractivity (Wildman–Crippen MR) is 101 cm³/mol. The third-order valence-electron chi connectivity index (χ3n) is 4.15. The first-order valence-electron chi connectivity index (χ1n) is 8.07. The molecule has 0 aromatic heterocycles. The van der Waals surface area contributed by atoms with Gasteiger partial charge in [0.05, 0.1) is 11.6 Å². The molecule has 3 rings (SSSR count). The highest BCUT2D eigenvalue weighted by Crippen LogP contribution is 2.29. The van der Waals surface area contributed by atoms with Crippen LogP contribution in [0.2, 0.25) is 0 Å². The van der Waals surface area contributed by atoms with E-state index in [0.29, 0.717) is 16.7 Å². The molecule has 0 amide bonds. The van der Waals surface area contributed by atoms with Crippen molar-refractivity contribution in [1.82, 2.24) is 0 Å². The summed E-state index contributed by atoms with van der Waals surface area (Å²) in [6.07, 6.45) is 0. The number of nitrogens with zero attached hydrogens (tertiary/aromatic N) is 1. The van der Waals surface area contributed by atoms with Gasteiger partial charge in [-0.3, -0.25) is 4.79 Å². The van der Waals surface area contributed by atoms with Crippen LogP contribution in [0.5, 0.6) is 0 Å². The maximum absolute atomic E-state index is 13.2. The Bertz CT molecular complexity index is 946. The molecule has 0 fully saturated rings. The van der Waals surface area contributed by atoms with Crippen LogP contribution in [0.4, 0.5) is 0 Å². The summed E-state index contributed by atoms with van der Waals surface area (Å²) in [5.41, 5.74) is 4.66. The van der Waals surface area contributed by atoms with Gasteiger partial charge in [0.2, 0.25) is 0 Å². The van der Waals surface area contributed by atoms with Gasteiger partial charge in [-0.05, 0) is 35.8 Å². The van der Waals surface area contributed by atoms with Crippen molar-refractivity contribution in [2.24, 2.45) is 0 Å². The molecule has 25 heavy (non-hydrogen) atoms. The average Bonchev–Trinajstić information content (AvgIpc) is 2.69. The maximum atomic E-state index is 13.2. The second-order valence-electron chi connectivity index (χ2n) is 5.75. The second kappa shape index (κ2) is 7.42. The van der Waals surface area contributed by atoms with E-state index >= 15 is 0 Å². The molecule has 0 radical (unpaired) electrons. The fourth-order valence-electron chi connectivity index (χ4n) is 2.80. The number of hydrogen-bond donors (Lipinski definition) is 0. The van der Waals surface area contributed by atoms with E-state index in [0.717, 1.165) is 16.7 Å². The van der Waals surface area contributed by atoms with Crippen LogP contribution in [0, 0.1) is 11.3 Å². The third-order valence-corrected chi connectivity index (χ3v) is 4.15. The minimum Gasteiger partial charge on any atom is -0.289 e. The van der Waals surface area contributed by atoms with Gasteiger partial charge in [-0.25, -0.2) is 0 Å². The van der Waals surface area contributed by atoms with Crippen molar-refractivity contribution in [3.63, 3.8) is 0 Å². The molecule has 2 heteroatoms. The molecule has 0 atom stereocenters. The first kappa shape index (κ1) is 16.4. The normalized spacial score (nSPS) is 11.4. The summed E-state index contributed by atoms with van der Waals surface area (Å²) in [6, 6.07) is 28.4. The summed E-state index contributed by atoms with van der Waals surface area (Å²) >= 11 is 0. The van der Waals surface area contributed by atoms with Gasteiger partial charge in [-0.15, -0.1) is 0 Å². The monoisotopic (exact) mass is 323 g/mol. The fraction of sp³-hybridized carbons (Fsp3) is 0.0435. The minimum atomic E-state index is -0.00587. The standard InChI is InChI=1S/C23H17NO/c1-17(19-14-12-18(16-24)13-15-19)22(20-8-4-2-5-9-20)23(25)21-10-6-3-7-11-21/h2-15H,1H3/b22-17-. The number of allylic oxidation sites excluding steroid dienone is 2. The van der Waals surface area contributed by atoms with Crippen molar-refractivity contribution >= 4 is 16.9 Å². The van der Waals surface area contributed by atoms with Crippen LogP contribution in [-0.4, -0.2) is 5.78 Å². The van der Waals surface area contributed by atoms with Crippen molar-refractivity contribution in [2.45, 2.75) is 6.92 Å². The van der Waals surface area contributed by atoms with Crippen LogP contribution in [-0.2, 0) is 0 Å². The van der Waals surface area contributed by atoms with Crippen LogP contribution in [0.1, 0.15) is 34.0 Å². The van der Waals surface area contributed by atoms with E-state index in [2.05, 4.69) is 6.07 Å². The van der Waals surface area contributed by atoms with Crippen molar-refractivity contribution < 1.29 is 4.79 Å². The Morgan fingerprint density at radius 1 is 0.720 bits per heavy atom. The maximum Gasteiger partial charge on any atom is 0.193 e. The topological polar surface area (TPSA) is 40.9 Å². The van der Waals surface area contributed by atoms with Gasteiger partial charge in [0.1, 0.15) is 0 Å². The molecular weight excluding hydrogens is 306 g/mol. The van der Waals surface area contributed by atoms with Crippen molar-refractivity contribution in [3.8, 4) is 6.07 Å². The van der Waals surface area contributed by atoms with E-state index in [9.17, 15) is 4.79 Å². The Balaban J connectivity index is 2.16. The zero-order valence-electron chi connectivity index (χ0n) is 13.9. The van der Waals surface area contributed by atoms with Gasteiger partial charge >= 0.3 is 0 Å². The molecule has 0 spiro atoms. The highest BCUT2D eigenvalue weighted by Gasteiger charge is 2.17. The molecule has 0 heterocycles. The average molecular weight is 323 g/mol. The molecule has 0 aliphatic carbocycles. The van der Waals surface area contributed by atoms with Gasteiger partial charge < -0.3 is 0 Å². The first-order chi connectivity index (χ1) is 12.2. The third kappa shape index (κ3) is 3.57. The van der Waals surface area contributed by atoms with E-state index in [1.165, 1.54) is 0 Å². The summed E-state index contributed by atoms with van der Waals surface area (Å²) in [7, 11) is 0. The number of Topliss-reactive ketones (excluding diaryl/α,β-unsaturated/α-hetero) is 1. The molecule has 0 aliphatic rings. The van der Waals surface area contributed by atoms with Gasteiger partial charge in [0, 0.05) is 11.1 Å². The molecule has 3 aromatic rings. The summed E-state index contributed by atoms with van der Waals surface area (Å²) in [5, 5.41) is 8.98. The summed E-state index contributed by atoms with van der Waals surface area (Å²) in [4.78, 5) is 13.2. The Labute approximate surface area is 147 Å². The SMILES string of the molecule is C/C(=C(/C(=O)c1ccccc1)c1ccccc1)c1ccc(C#N)cc1. The number of benzene rings is 3. The van der Waals surface area contributed by atoms with Crippen LogP contribution in [0.25, 0.3) is 11.1 Å². The molecule has 0 saturated heterocycles. The van der Waals surface area contributed by atoms with E-state index in [1.54, 1.807) is 12.1 Å². The minimum absolute atomic E-state index is 0.00587. The lowest BCUT2D eigenvalue weighted by molar-refractivity contribution is 0.105. The molecule has 2 nitrogen and oxygen atoms in total. The number of nitriles is 1. The van der Waals surface area contributed by atoms with Crippen LogP contribution in [0.3, 0.4) is 0 Å². The molecule has 0 saturated carbocycles. The molecule has 0 bridgehead atoms. The number of carbonyl (C=O) groups excluding carboxylic acids is 1. The van der Waals surface area contributed by atoms with Crippen molar-refractivity contribution in [3.05, 3.63) is 107 Å². The molecule has 0 aliphatic heterocycles. The zero-order chi connectivity index (χ0) is 17.6. The largest absolute Gasteiger partial charge is 0.289 e.